The molecule has 3 rings (SSSR count). The highest BCUT2D eigenvalue weighted by atomic mass is 16.7. The largest absolute Gasteiger partial charge is 0.444 e. The number of fused-ring (bicyclic) bond motifs is 1. The van der Waals surface area contributed by atoms with Crippen LogP contribution in [0.15, 0.2) is 24.3 Å². The van der Waals surface area contributed by atoms with Gasteiger partial charge in [-0.2, -0.15) is 0 Å². The summed E-state index contributed by atoms with van der Waals surface area (Å²) in [5.41, 5.74) is 0.207. The number of hydrogen-bond acceptors (Lipinski definition) is 5. The van der Waals surface area contributed by atoms with E-state index in [9.17, 15) is 14.4 Å². The van der Waals surface area contributed by atoms with Crippen LogP contribution in [0.4, 0.5) is 4.79 Å². The van der Waals surface area contributed by atoms with E-state index in [1.165, 1.54) is 0 Å². The minimum atomic E-state index is -0.531. The lowest BCUT2D eigenvalue weighted by atomic mass is 10.1. The standard InChI is InChI=1S/C19H24N2O5/c1-19(2,3)26-18(24)20-13-9-8-12(10-13)11-25-21-16(22)14-6-4-5-7-15(14)17(21)23/h4-7,12-13H,8-11H2,1-3H3,(H,20,24)/t12-,13+/m0/s1. The molecule has 7 heteroatoms. The number of nitrogens with one attached hydrogen (secondary N) is 1. The number of hydroxylamine groups is 2. The number of rotatable bonds is 4. The molecule has 2 atom stereocenters. The molecule has 1 aromatic rings. The topological polar surface area (TPSA) is 84.9 Å². The van der Waals surface area contributed by atoms with Crippen LogP contribution in [0.2, 0.25) is 0 Å². The summed E-state index contributed by atoms with van der Waals surface area (Å²) in [6, 6.07) is 6.69. The molecular weight excluding hydrogens is 336 g/mol. The Morgan fingerprint density at radius 3 is 2.35 bits per heavy atom. The predicted molar refractivity (Wildman–Crippen MR) is 93.4 cm³/mol. The van der Waals surface area contributed by atoms with Gasteiger partial charge in [-0.25, -0.2) is 4.79 Å². The Bertz CT molecular complexity index is 690. The van der Waals surface area contributed by atoms with Crippen LogP contribution in [0, 0.1) is 5.92 Å². The Hall–Kier alpha value is -2.41. The third-order valence-corrected chi connectivity index (χ3v) is 4.46. The molecule has 3 amide bonds. The fraction of sp³-hybridized carbons (Fsp3) is 0.526. The molecule has 1 N–H and O–H groups in total. The van der Waals surface area contributed by atoms with Crippen molar-refractivity contribution in [2.24, 2.45) is 5.92 Å². The number of nitrogens with zero attached hydrogens (tertiary/aromatic N) is 1. The summed E-state index contributed by atoms with van der Waals surface area (Å²) in [4.78, 5) is 41.9. The maximum absolute atomic E-state index is 12.3. The quantitative estimate of drug-likeness (QED) is 0.835. The normalized spacial score (nSPS) is 22.5. The number of imide groups is 1. The van der Waals surface area contributed by atoms with Gasteiger partial charge in [0.1, 0.15) is 5.60 Å². The molecule has 1 aliphatic carbocycles. The predicted octanol–water partition coefficient (Wildman–Crippen LogP) is 2.91. The van der Waals surface area contributed by atoms with E-state index in [-0.39, 0.29) is 18.6 Å². The lowest BCUT2D eigenvalue weighted by Crippen LogP contribution is -2.38. The summed E-state index contributed by atoms with van der Waals surface area (Å²) >= 11 is 0. The minimum Gasteiger partial charge on any atom is -0.444 e. The van der Waals surface area contributed by atoms with E-state index in [1.807, 2.05) is 20.8 Å². The first-order valence-electron chi connectivity index (χ1n) is 8.85. The second-order valence-electron chi connectivity index (χ2n) is 7.77. The summed E-state index contributed by atoms with van der Waals surface area (Å²) < 4.78 is 5.26. The number of hydrogen-bond donors (Lipinski definition) is 1. The average Bonchev–Trinajstić information content (AvgIpc) is 3.08. The molecule has 1 fully saturated rings. The van der Waals surface area contributed by atoms with E-state index in [1.54, 1.807) is 24.3 Å². The number of carbonyl (C=O) groups excluding carboxylic acids is 3. The molecule has 0 radical (unpaired) electrons. The zero-order chi connectivity index (χ0) is 18.9. The lowest BCUT2D eigenvalue weighted by Gasteiger charge is -2.22. The molecule has 0 saturated heterocycles. The highest BCUT2D eigenvalue weighted by Gasteiger charge is 2.37. The Kier molecular flexibility index (Phi) is 5.00. The second kappa shape index (κ2) is 7.07. The van der Waals surface area contributed by atoms with Crippen molar-refractivity contribution in [2.75, 3.05) is 6.61 Å². The van der Waals surface area contributed by atoms with E-state index >= 15 is 0 Å². The second-order valence-corrected chi connectivity index (χ2v) is 7.77. The molecule has 1 heterocycles. The highest BCUT2D eigenvalue weighted by Crippen LogP contribution is 2.28. The molecule has 1 aliphatic heterocycles. The molecule has 2 aliphatic rings. The molecule has 0 spiro atoms. The minimum absolute atomic E-state index is 0.0145. The van der Waals surface area contributed by atoms with Crippen LogP contribution in [0.25, 0.3) is 0 Å². The van der Waals surface area contributed by atoms with E-state index < -0.39 is 23.5 Å². The summed E-state index contributed by atoms with van der Waals surface area (Å²) in [6.45, 7) is 5.72. The first-order valence-corrected chi connectivity index (χ1v) is 8.85. The third kappa shape index (κ3) is 4.04. The lowest BCUT2D eigenvalue weighted by molar-refractivity contribution is -0.102. The van der Waals surface area contributed by atoms with Crippen molar-refractivity contribution >= 4 is 17.9 Å². The summed E-state index contributed by atoms with van der Waals surface area (Å²) in [5, 5.41) is 3.71. The van der Waals surface area contributed by atoms with Crippen molar-refractivity contribution in [3.05, 3.63) is 35.4 Å². The van der Waals surface area contributed by atoms with Gasteiger partial charge in [0.2, 0.25) is 0 Å². The van der Waals surface area contributed by atoms with E-state index in [0.717, 1.165) is 24.3 Å². The van der Waals surface area contributed by atoms with Crippen molar-refractivity contribution in [2.45, 2.75) is 51.7 Å². The van der Waals surface area contributed by atoms with Crippen LogP contribution >= 0.6 is 0 Å². The highest BCUT2D eigenvalue weighted by molar-refractivity contribution is 6.20. The van der Waals surface area contributed by atoms with Gasteiger partial charge in [-0.1, -0.05) is 12.1 Å². The molecule has 1 aromatic carbocycles. The fourth-order valence-electron chi connectivity index (χ4n) is 3.30. The molecule has 0 bridgehead atoms. The number of ether oxygens (including phenoxy) is 1. The van der Waals surface area contributed by atoms with E-state index in [0.29, 0.717) is 11.1 Å². The maximum atomic E-state index is 12.3. The fourth-order valence-corrected chi connectivity index (χ4v) is 3.30. The SMILES string of the molecule is CC(C)(C)OC(=O)N[C@@H]1CC[C@H](CON2C(=O)c3ccccc3C2=O)C1. The Labute approximate surface area is 152 Å². The zero-order valence-corrected chi connectivity index (χ0v) is 15.3. The number of alkyl carbamates (subject to hydrolysis) is 1. The molecular formula is C19H24N2O5. The molecule has 140 valence electrons. The number of amides is 3. The molecule has 1 saturated carbocycles. The molecule has 7 nitrogen and oxygen atoms in total. The van der Waals surface area contributed by atoms with Gasteiger partial charge in [0.15, 0.2) is 0 Å². The number of carbonyl (C=O) groups is 3. The van der Waals surface area contributed by atoms with Gasteiger partial charge in [-0.3, -0.25) is 14.4 Å². The average molecular weight is 360 g/mol. The van der Waals surface area contributed by atoms with Crippen molar-refractivity contribution in [3.63, 3.8) is 0 Å². The van der Waals surface area contributed by atoms with Crippen LogP contribution in [0.1, 0.15) is 60.7 Å². The first-order chi connectivity index (χ1) is 12.2. The molecule has 0 aromatic heterocycles. The van der Waals surface area contributed by atoms with Crippen LogP contribution < -0.4 is 5.32 Å². The van der Waals surface area contributed by atoms with E-state index in [2.05, 4.69) is 5.32 Å². The van der Waals surface area contributed by atoms with Crippen molar-refractivity contribution in [1.82, 2.24) is 10.4 Å². The monoisotopic (exact) mass is 360 g/mol. The van der Waals surface area contributed by atoms with Gasteiger partial charge < -0.3 is 10.1 Å². The Morgan fingerprint density at radius 1 is 1.15 bits per heavy atom. The summed E-state index contributed by atoms with van der Waals surface area (Å²) in [5.74, 6) is -0.682. The zero-order valence-electron chi connectivity index (χ0n) is 15.3. The van der Waals surface area contributed by atoms with Crippen molar-refractivity contribution < 1.29 is 24.0 Å². The summed E-state index contributed by atoms with van der Waals surface area (Å²) in [7, 11) is 0. The Balaban J connectivity index is 1.48. The van der Waals surface area contributed by atoms with E-state index in [4.69, 9.17) is 9.57 Å². The third-order valence-electron chi connectivity index (χ3n) is 4.46. The van der Waals surface area contributed by atoms with Crippen LogP contribution in [0.5, 0.6) is 0 Å². The van der Waals surface area contributed by atoms with Crippen LogP contribution in [-0.4, -0.2) is 41.2 Å². The van der Waals surface area contributed by atoms with Gasteiger partial charge in [0, 0.05) is 6.04 Å². The maximum Gasteiger partial charge on any atom is 0.407 e. The van der Waals surface area contributed by atoms with Gasteiger partial charge in [-0.15, -0.1) is 5.06 Å². The van der Waals surface area contributed by atoms with Crippen LogP contribution in [0.3, 0.4) is 0 Å². The van der Waals surface area contributed by atoms with Crippen molar-refractivity contribution in [1.29, 1.82) is 0 Å². The molecule has 0 unspecified atom stereocenters. The Morgan fingerprint density at radius 2 is 1.77 bits per heavy atom. The van der Waals surface area contributed by atoms with Gasteiger partial charge >= 0.3 is 6.09 Å². The van der Waals surface area contributed by atoms with Crippen LogP contribution in [-0.2, 0) is 9.57 Å². The number of benzene rings is 1. The van der Waals surface area contributed by atoms with Gasteiger partial charge in [-0.05, 0) is 58.1 Å². The summed E-state index contributed by atoms with van der Waals surface area (Å²) in [6.07, 6.45) is 1.96. The van der Waals surface area contributed by atoms with Gasteiger partial charge in [0.25, 0.3) is 11.8 Å². The van der Waals surface area contributed by atoms with Crippen molar-refractivity contribution in [3.8, 4) is 0 Å². The van der Waals surface area contributed by atoms with Gasteiger partial charge in [0.05, 0.1) is 17.7 Å². The smallest absolute Gasteiger partial charge is 0.407 e. The molecule has 26 heavy (non-hydrogen) atoms. The first kappa shape index (κ1) is 18.4.